The van der Waals surface area contributed by atoms with Crippen LogP contribution in [0.2, 0.25) is 0 Å². The molecule has 5 nitrogen and oxygen atoms in total. The third-order valence-electron chi connectivity index (χ3n) is 3.26. The molecule has 0 bridgehead atoms. The molecule has 1 aliphatic heterocycles. The molecule has 2 rings (SSSR count). The van der Waals surface area contributed by atoms with Crippen LogP contribution in [-0.4, -0.2) is 30.0 Å². The Bertz CT molecular complexity index is 384. The zero-order valence-electron chi connectivity index (χ0n) is 10.5. The molecule has 1 aliphatic rings. The number of aromatic nitrogens is 1. The van der Waals surface area contributed by atoms with E-state index in [4.69, 9.17) is 5.73 Å². The number of amides is 1. The number of primary amides is 1. The van der Waals surface area contributed by atoms with Crippen LogP contribution in [0.5, 0.6) is 0 Å². The number of carbonyl (C=O) groups is 1. The van der Waals surface area contributed by atoms with Gasteiger partial charge in [-0.05, 0) is 37.9 Å². The van der Waals surface area contributed by atoms with E-state index in [1.165, 1.54) is 25.5 Å². The van der Waals surface area contributed by atoms with Gasteiger partial charge >= 0.3 is 0 Å². The monoisotopic (exact) mass is 248 g/mol. The largest absolute Gasteiger partial charge is 0.370 e. The summed E-state index contributed by atoms with van der Waals surface area (Å²) in [6.07, 6.45) is 6.47. The summed E-state index contributed by atoms with van der Waals surface area (Å²) in [5, 5.41) is 6.76. The van der Waals surface area contributed by atoms with E-state index in [0.717, 1.165) is 25.3 Å². The van der Waals surface area contributed by atoms with Crippen molar-refractivity contribution in [2.75, 3.05) is 18.4 Å². The highest BCUT2D eigenvalue weighted by atomic mass is 16.1. The van der Waals surface area contributed by atoms with Gasteiger partial charge in [-0.25, -0.2) is 4.98 Å². The smallest absolute Gasteiger partial charge is 0.250 e. The summed E-state index contributed by atoms with van der Waals surface area (Å²) >= 11 is 0. The Labute approximate surface area is 107 Å². The van der Waals surface area contributed by atoms with Crippen molar-refractivity contribution in [3.05, 3.63) is 23.9 Å². The predicted octanol–water partition coefficient (Wildman–Crippen LogP) is 1.12. The van der Waals surface area contributed by atoms with Crippen LogP contribution in [0.4, 0.5) is 5.82 Å². The number of pyridine rings is 1. The molecule has 98 valence electrons. The predicted molar refractivity (Wildman–Crippen MR) is 71.5 cm³/mol. The molecule has 0 unspecified atom stereocenters. The van der Waals surface area contributed by atoms with Crippen LogP contribution in [0.3, 0.4) is 0 Å². The van der Waals surface area contributed by atoms with Crippen LogP contribution < -0.4 is 16.4 Å². The van der Waals surface area contributed by atoms with Crippen LogP contribution in [0.25, 0.3) is 0 Å². The normalized spacial score (nSPS) is 19.4. The number of nitrogens with one attached hydrogen (secondary N) is 2. The van der Waals surface area contributed by atoms with Gasteiger partial charge in [-0.2, -0.15) is 0 Å². The number of nitrogens with two attached hydrogens (primary N) is 1. The first-order valence-corrected chi connectivity index (χ1v) is 6.49. The summed E-state index contributed by atoms with van der Waals surface area (Å²) in [6.45, 7) is 2.02. The quantitative estimate of drug-likeness (QED) is 0.729. The lowest BCUT2D eigenvalue weighted by atomic mass is 10.0. The lowest BCUT2D eigenvalue weighted by Gasteiger charge is -2.23. The molecule has 1 saturated heterocycles. The van der Waals surface area contributed by atoms with Crippen molar-refractivity contribution in [3.8, 4) is 0 Å². The van der Waals surface area contributed by atoms with Crippen molar-refractivity contribution in [1.29, 1.82) is 0 Å². The summed E-state index contributed by atoms with van der Waals surface area (Å²) < 4.78 is 0. The highest BCUT2D eigenvalue weighted by molar-refractivity contribution is 5.92. The Morgan fingerprint density at radius 3 is 3.00 bits per heavy atom. The molecule has 0 saturated carbocycles. The van der Waals surface area contributed by atoms with Crippen LogP contribution in [-0.2, 0) is 0 Å². The second-order valence-corrected chi connectivity index (χ2v) is 4.66. The zero-order chi connectivity index (χ0) is 12.8. The van der Waals surface area contributed by atoms with Crippen molar-refractivity contribution < 1.29 is 4.79 Å². The van der Waals surface area contributed by atoms with Gasteiger partial charge in [0.1, 0.15) is 5.82 Å². The Morgan fingerprint density at radius 2 is 2.39 bits per heavy atom. The number of carbonyl (C=O) groups excluding carboxylic acids is 1. The van der Waals surface area contributed by atoms with E-state index in [-0.39, 0.29) is 0 Å². The summed E-state index contributed by atoms with van der Waals surface area (Å²) in [5.74, 6) is 0.344. The lowest BCUT2D eigenvalue weighted by Crippen LogP contribution is -2.35. The van der Waals surface area contributed by atoms with Crippen LogP contribution in [0, 0.1) is 0 Å². The summed E-state index contributed by atoms with van der Waals surface area (Å²) in [4.78, 5) is 15.0. The molecule has 0 aliphatic carbocycles. The van der Waals surface area contributed by atoms with E-state index in [2.05, 4.69) is 15.6 Å². The molecule has 0 radical (unpaired) electrons. The van der Waals surface area contributed by atoms with Gasteiger partial charge < -0.3 is 16.4 Å². The van der Waals surface area contributed by atoms with E-state index < -0.39 is 5.91 Å². The standard InChI is InChI=1S/C13H20N4O/c14-13(18)10-4-5-12(17-9-10)16-8-6-11-3-1-2-7-15-11/h4-5,9,11,15H,1-3,6-8H2,(H2,14,18)(H,16,17)/t11-/m1/s1. The molecule has 1 aromatic heterocycles. The molecule has 0 spiro atoms. The van der Waals surface area contributed by atoms with Crippen LogP contribution in [0.15, 0.2) is 18.3 Å². The number of rotatable bonds is 5. The third-order valence-corrected chi connectivity index (χ3v) is 3.26. The second-order valence-electron chi connectivity index (χ2n) is 4.66. The highest BCUT2D eigenvalue weighted by Crippen LogP contribution is 2.10. The van der Waals surface area contributed by atoms with E-state index in [1.807, 2.05) is 0 Å². The Balaban J connectivity index is 1.74. The topological polar surface area (TPSA) is 80.0 Å². The van der Waals surface area contributed by atoms with E-state index in [0.29, 0.717) is 11.6 Å². The van der Waals surface area contributed by atoms with E-state index in [9.17, 15) is 4.79 Å². The van der Waals surface area contributed by atoms with Crippen LogP contribution >= 0.6 is 0 Å². The van der Waals surface area contributed by atoms with Gasteiger partial charge in [0.15, 0.2) is 0 Å². The number of anilines is 1. The number of nitrogens with zero attached hydrogens (tertiary/aromatic N) is 1. The van der Waals surface area contributed by atoms with Crippen molar-refractivity contribution in [2.45, 2.75) is 31.7 Å². The molecule has 1 aromatic rings. The minimum atomic E-state index is -0.444. The third kappa shape index (κ3) is 3.70. The molecular weight excluding hydrogens is 228 g/mol. The highest BCUT2D eigenvalue weighted by Gasteiger charge is 2.11. The Hall–Kier alpha value is -1.62. The number of hydrogen-bond donors (Lipinski definition) is 3. The molecule has 4 N–H and O–H groups in total. The van der Waals surface area contributed by atoms with Crippen molar-refractivity contribution in [3.63, 3.8) is 0 Å². The first-order valence-electron chi connectivity index (χ1n) is 6.49. The van der Waals surface area contributed by atoms with Crippen molar-refractivity contribution in [2.24, 2.45) is 5.73 Å². The van der Waals surface area contributed by atoms with Crippen LogP contribution in [0.1, 0.15) is 36.0 Å². The zero-order valence-corrected chi connectivity index (χ0v) is 10.5. The fourth-order valence-corrected chi connectivity index (χ4v) is 2.19. The molecular formula is C13H20N4O. The van der Waals surface area contributed by atoms with Crippen molar-refractivity contribution in [1.82, 2.24) is 10.3 Å². The molecule has 1 amide bonds. The minimum absolute atomic E-state index is 0.439. The first kappa shape index (κ1) is 12.8. The molecule has 1 atom stereocenters. The maximum Gasteiger partial charge on any atom is 0.250 e. The van der Waals surface area contributed by atoms with Crippen molar-refractivity contribution >= 4 is 11.7 Å². The Kier molecular flexibility index (Phi) is 4.52. The van der Waals surface area contributed by atoms with Gasteiger partial charge in [0.05, 0.1) is 5.56 Å². The van der Waals surface area contributed by atoms with Gasteiger partial charge in [-0.1, -0.05) is 6.42 Å². The maximum atomic E-state index is 10.9. The second kappa shape index (κ2) is 6.35. The average Bonchev–Trinajstić information content (AvgIpc) is 2.40. The first-order chi connectivity index (χ1) is 8.75. The van der Waals surface area contributed by atoms with E-state index in [1.54, 1.807) is 12.1 Å². The summed E-state index contributed by atoms with van der Waals surface area (Å²) in [7, 11) is 0. The summed E-state index contributed by atoms with van der Waals surface area (Å²) in [5.41, 5.74) is 5.59. The number of hydrogen-bond acceptors (Lipinski definition) is 4. The SMILES string of the molecule is NC(=O)c1ccc(NCC[C@H]2CCCCN2)nc1. The molecule has 5 heteroatoms. The molecule has 0 aromatic carbocycles. The average molecular weight is 248 g/mol. The number of piperidine rings is 1. The maximum absolute atomic E-state index is 10.9. The van der Waals surface area contributed by atoms with Gasteiger partial charge in [-0.3, -0.25) is 4.79 Å². The molecule has 18 heavy (non-hydrogen) atoms. The summed E-state index contributed by atoms with van der Waals surface area (Å²) in [6, 6.07) is 4.10. The fraction of sp³-hybridized carbons (Fsp3) is 0.538. The van der Waals surface area contributed by atoms with Gasteiger partial charge in [0.2, 0.25) is 5.91 Å². The van der Waals surface area contributed by atoms with Gasteiger partial charge in [-0.15, -0.1) is 0 Å². The van der Waals surface area contributed by atoms with E-state index >= 15 is 0 Å². The minimum Gasteiger partial charge on any atom is -0.370 e. The fourth-order valence-electron chi connectivity index (χ4n) is 2.19. The molecule has 2 heterocycles. The Morgan fingerprint density at radius 1 is 1.50 bits per heavy atom. The van der Waals surface area contributed by atoms with Gasteiger partial charge in [0.25, 0.3) is 0 Å². The molecule has 1 fully saturated rings. The van der Waals surface area contributed by atoms with Gasteiger partial charge in [0, 0.05) is 18.8 Å². The lowest BCUT2D eigenvalue weighted by molar-refractivity contribution is 0.1000.